The van der Waals surface area contributed by atoms with Crippen molar-refractivity contribution in [3.63, 3.8) is 0 Å². The van der Waals surface area contributed by atoms with Gasteiger partial charge >= 0.3 is 12.1 Å². The molecule has 32 heavy (non-hydrogen) atoms. The molecule has 1 aliphatic rings. The molecule has 2 amide bonds. The van der Waals surface area contributed by atoms with Crippen LogP contribution in [0.4, 0.5) is 4.79 Å². The number of fused-ring (bicyclic) bond motifs is 3. The molecule has 2 aromatic rings. The minimum atomic E-state index is -1.25. The minimum Gasteiger partial charge on any atom is -0.481 e. The molecular weight excluding hydrogens is 408 g/mol. The Hall–Kier alpha value is -3.61. The van der Waals surface area contributed by atoms with Crippen LogP contribution in [0.1, 0.15) is 37.3 Å². The van der Waals surface area contributed by atoms with Crippen LogP contribution in [-0.2, 0) is 14.3 Å². The molecule has 0 aliphatic heterocycles. The first-order valence-electron chi connectivity index (χ1n) is 10.5. The lowest BCUT2D eigenvalue weighted by Gasteiger charge is -2.23. The Labute approximate surface area is 187 Å². The van der Waals surface area contributed by atoms with Crippen LogP contribution in [0.3, 0.4) is 0 Å². The summed E-state index contributed by atoms with van der Waals surface area (Å²) < 4.78 is 5.43. The summed E-state index contributed by atoms with van der Waals surface area (Å²) in [5, 5.41) is 14.2. The van der Waals surface area contributed by atoms with Crippen molar-refractivity contribution in [3.8, 4) is 11.1 Å². The maximum atomic E-state index is 12.5. The van der Waals surface area contributed by atoms with Gasteiger partial charge in [-0.05, 0) is 27.7 Å². The van der Waals surface area contributed by atoms with Gasteiger partial charge in [0.15, 0.2) is 0 Å². The molecule has 0 saturated heterocycles. The fourth-order valence-corrected chi connectivity index (χ4v) is 3.68. The molecule has 1 atom stereocenters. The number of nitrogens with one attached hydrogen (secondary N) is 2. The van der Waals surface area contributed by atoms with E-state index in [0.717, 1.165) is 22.3 Å². The van der Waals surface area contributed by atoms with Crippen molar-refractivity contribution >= 4 is 18.0 Å². The summed E-state index contributed by atoms with van der Waals surface area (Å²) in [4.78, 5) is 36.1. The van der Waals surface area contributed by atoms with Crippen LogP contribution >= 0.6 is 0 Å². The van der Waals surface area contributed by atoms with Gasteiger partial charge in [0.1, 0.15) is 12.6 Å². The average molecular weight is 437 g/mol. The molecule has 3 rings (SSSR count). The molecule has 3 N–H and O–H groups in total. The molecular formula is C25H28N2O5. The van der Waals surface area contributed by atoms with E-state index in [2.05, 4.69) is 17.2 Å². The standard InChI is InChI=1S/C25H28N2O5/c1-4-25(2,3)15-26-23(30)21(13-22(28)29)27-24(31)32-14-20-18-11-7-5-9-16(18)17-10-6-8-12-19(17)20/h4-12,20-21H,1,13-15H2,2-3H3,(H,26,30)(H,27,31)(H,28,29). The fourth-order valence-electron chi connectivity index (χ4n) is 3.68. The predicted molar refractivity (Wildman–Crippen MR) is 121 cm³/mol. The summed E-state index contributed by atoms with van der Waals surface area (Å²) in [5.74, 6) is -1.92. The first-order valence-corrected chi connectivity index (χ1v) is 10.5. The van der Waals surface area contributed by atoms with Crippen molar-refractivity contribution in [1.29, 1.82) is 0 Å². The van der Waals surface area contributed by atoms with Crippen LogP contribution in [0.2, 0.25) is 0 Å². The number of rotatable bonds is 9. The van der Waals surface area contributed by atoms with E-state index in [9.17, 15) is 14.4 Å². The van der Waals surface area contributed by atoms with Crippen LogP contribution in [-0.4, -0.2) is 42.3 Å². The molecule has 0 heterocycles. The summed E-state index contributed by atoms with van der Waals surface area (Å²) in [7, 11) is 0. The second-order valence-corrected chi connectivity index (χ2v) is 8.53. The van der Waals surface area contributed by atoms with Gasteiger partial charge in [-0.25, -0.2) is 4.79 Å². The van der Waals surface area contributed by atoms with E-state index >= 15 is 0 Å². The van der Waals surface area contributed by atoms with Gasteiger partial charge in [0, 0.05) is 12.5 Å². The van der Waals surface area contributed by atoms with E-state index < -0.39 is 30.4 Å². The fraction of sp³-hybridized carbons (Fsp3) is 0.320. The zero-order valence-corrected chi connectivity index (χ0v) is 18.3. The molecule has 7 nitrogen and oxygen atoms in total. The number of hydrogen-bond acceptors (Lipinski definition) is 4. The maximum Gasteiger partial charge on any atom is 0.407 e. The van der Waals surface area contributed by atoms with Gasteiger partial charge in [0.05, 0.1) is 6.42 Å². The highest BCUT2D eigenvalue weighted by atomic mass is 16.5. The van der Waals surface area contributed by atoms with Gasteiger partial charge in [-0.2, -0.15) is 0 Å². The third kappa shape index (κ3) is 5.35. The number of aliphatic carboxylic acids is 1. The van der Waals surface area contributed by atoms with E-state index in [-0.39, 0.29) is 24.5 Å². The predicted octanol–water partition coefficient (Wildman–Crippen LogP) is 3.70. The van der Waals surface area contributed by atoms with Crippen molar-refractivity contribution in [2.24, 2.45) is 5.41 Å². The van der Waals surface area contributed by atoms with Gasteiger partial charge < -0.3 is 20.5 Å². The largest absolute Gasteiger partial charge is 0.481 e. The molecule has 1 unspecified atom stereocenters. The lowest BCUT2D eigenvalue weighted by Crippen LogP contribution is -2.49. The third-order valence-corrected chi connectivity index (χ3v) is 5.60. The summed E-state index contributed by atoms with van der Waals surface area (Å²) in [5.41, 5.74) is 3.96. The molecule has 7 heteroatoms. The number of benzene rings is 2. The molecule has 0 bridgehead atoms. The van der Waals surface area contributed by atoms with E-state index in [1.54, 1.807) is 6.08 Å². The minimum absolute atomic E-state index is 0.0742. The summed E-state index contributed by atoms with van der Waals surface area (Å²) >= 11 is 0. The van der Waals surface area contributed by atoms with Crippen molar-refractivity contribution in [2.45, 2.75) is 32.2 Å². The zero-order valence-electron chi connectivity index (χ0n) is 18.3. The average Bonchev–Trinajstić information content (AvgIpc) is 3.09. The first kappa shape index (κ1) is 23.1. The number of alkyl carbamates (subject to hydrolysis) is 1. The van der Waals surface area contributed by atoms with E-state index in [0.29, 0.717) is 0 Å². The van der Waals surface area contributed by atoms with Crippen molar-refractivity contribution in [2.75, 3.05) is 13.2 Å². The molecule has 0 radical (unpaired) electrons. The number of carboxylic acids is 1. The van der Waals surface area contributed by atoms with Gasteiger partial charge in [-0.15, -0.1) is 6.58 Å². The highest BCUT2D eigenvalue weighted by molar-refractivity contribution is 5.89. The SMILES string of the molecule is C=CC(C)(C)CNC(=O)C(CC(=O)O)NC(=O)OCC1c2ccccc2-c2ccccc21. The van der Waals surface area contributed by atoms with Gasteiger partial charge in [0.2, 0.25) is 5.91 Å². The van der Waals surface area contributed by atoms with Crippen LogP contribution < -0.4 is 10.6 Å². The molecule has 0 fully saturated rings. The molecule has 0 saturated carbocycles. The summed E-state index contributed by atoms with van der Waals surface area (Å²) in [6.07, 6.45) is 0.305. The third-order valence-electron chi connectivity index (χ3n) is 5.60. The van der Waals surface area contributed by atoms with E-state index in [4.69, 9.17) is 9.84 Å². The second kappa shape index (κ2) is 9.68. The highest BCUT2D eigenvalue weighted by Gasteiger charge is 2.30. The summed E-state index contributed by atoms with van der Waals surface area (Å²) in [6, 6.07) is 14.6. The first-order chi connectivity index (χ1) is 15.2. The molecule has 1 aliphatic carbocycles. The number of carboxylic acid groups (broad SMARTS) is 1. The number of carbonyl (C=O) groups excluding carboxylic acids is 2. The second-order valence-electron chi connectivity index (χ2n) is 8.53. The van der Waals surface area contributed by atoms with E-state index in [1.807, 2.05) is 62.4 Å². The molecule has 168 valence electrons. The maximum absolute atomic E-state index is 12.5. The van der Waals surface area contributed by atoms with Crippen LogP contribution in [0.5, 0.6) is 0 Å². The Bertz CT molecular complexity index is 985. The Morgan fingerprint density at radius 1 is 1.09 bits per heavy atom. The number of amides is 2. The van der Waals surface area contributed by atoms with Crippen molar-refractivity contribution in [3.05, 3.63) is 72.3 Å². The Morgan fingerprint density at radius 2 is 1.66 bits per heavy atom. The Kier molecular flexibility index (Phi) is 6.98. The number of hydrogen-bond donors (Lipinski definition) is 3. The summed E-state index contributed by atoms with van der Waals surface area (Å²) in [6.45, 7) is 7.81. The topological polar surface area (TPSA) is 105 Å². The lowest BCUT2D eigenvalue weighted by atomic mass is 9.94. The zero-order chi connectivity index (χ0) is 23.3. The Morgan fingerprint density at radius 3 is 2.19 bits per heavy atom. The Balaban J connectivity index is 1.65. The highest BCUT2D eigenvalue weighted by Crippen LogP contribution is 2.44. The number of carbonyl (C=O) groups is 3. The van der Waals surface area contributed by atoms with Crippen LogP contribution in [0.15, 0.2) is 61.2 Å². The normalized spacial score (nSPS) is 13.4. The smallest absolute Gasteiger partial charge is 0.407 e. The van der Waals surface area contributed by atoms with Crippen molar-refractivity contribution in [1.82, 2.24) is 10.6 Å². The molecule has 2 aromatic carbocycles. The quantitative estimate of drug-likeness (QED) is 0.520. The molecule has 0 aromatic heterocycles. The monoisotopic (exact) mass is 436 g/mol. The number of ether oxygens (including phenoxy) is 1. The van der Waals surface area contributed by atoms with E-state index in [1.165, 1.54) is 0 Å². The van der Waals surface area contributed by atoms with Gasteiger partial charge in [-0.3, -0.25) is 9.59 Å². The molecule has 0 spiro atoms. The van der Waals surface area contributed by atoms with Gasteiger partial charge in [0.25, 0.3) is 0 Å². The lowest BCUT2D eigenvalue weighted by molar-refractivity contribution is -0.139. The van der Waals surface area contributed by atoms with Crippen LogP contribution in [0, 0.1) is 5.41 Å². The van der Waals surface area contributed by atoms with Crippen LogP contribution in [0.25, 0.3) is 11.1 Å². The van der Waals surface area contributed by atoms with Gasteiger partial charge in [-0.1, -0.05) is 68.5 Å². The van der Waals surface area contributed by atoms with Crippen molar-refractivity contribution < 1.29 is 24.2 Å².